The van der Waals surface area contributed by atoms with Crippen LogP contribution >= 0.6 is 0 Å². The summed E-state index contributed by atoms with van der Waals surface area (Å²) in [7, 11) is -5.61. The Morgan fingerprint density at radius 1 is 0.833 bits per heavy atom. The molecule has 0 saturated carbocycles. The van der Waals surface area contributed by atoms with E-state index in [1.807, 2.05) is 0 Å². The molecule has 0 aromatic heterocycles. The summed E-state index contributed by atoms with van der Waals surface area (Å²) < 4.78 is 0. The molecule has 0 fully saturated rings. The van der Waals surface area contributed by atoms with Crippen molar-refractivity contribution < 1.29 is 41.6 Å². The summed E-state index contributed by atoms with van der Waals surface area (Å²) in [6.07, 6.45) is 0. The molecule has 6 heteroatoms. The van der Waals surface area contributed by atoms with Crippen molar-refractivity contribution in [3.05, 3.63) is 0 Å². The van der Waals surface area contributed by atoms with Crippen LogP contribution in [0, 0.1) is 0 Å². The summed E-state index contributed by atoms with van der Waals surface area (Å²) >= 11 is 0. The fourth-order valence-electron chi connectivity index (χ4n) is 0. The van der Waals surface area contributed by atoms with Gasteiger partial charge in [-0.2, -0.15) is 0 Å². The molecule has 0 aromatic carbocycles. The Kier molecular flexibility index (Phi) is 4.78. The van der Waals surface area contributed by atoms with E-state index >= 15 is 0 Å². The zero-order valence-electron chi connectivity index (χ0n) is 2.58. The maximum absolute atomic E-state index is 8.58. The molecule has 33 valence electrons. The number of hydrogen-bond acceptors (Lipinski definition) is 4. The third kappa shape index (κ3) is 109. The third-order valence-corrected chi connectivity index (χ3v) is 0. The molecule has 0 aromatic rings. The van der Waals surface area contributed by atoms with Crippen molar-refractivity contribution in [1.82, 2.24) is 0 Å². The van der Waals surface area contributed by atoms with E-state index < -0.39 is 9.05 Å². The molecule has 0 bridgehead atoms. The van der Waals surface area contributed by atoms with E-state index in [-0.39, 0.29) is 22.4 Å². The topological polar surface area (TPSA) is 92.2 Å². The average molecular weight is 273 g/mol. The van der Waals surface area contributed by atoms with Gasteiger partial charge in [-0.1, -0.05) is 0 Å². The first-order chi connectivity index (χ1) is 2.00. The normalized spacial score (nSPS) is 10.0. The SMILES string of the molecule is [O-][Si]([O-])([O-])[O-].[Ta+4]. The van der Waals surface area contributed by atoms with Crippen molar-refractivity contribution in [3.8, 4) is 0 Å². The van der Waals surface area contributed by atoms with Gasteiger partial charge >= 0.3 is 22.4 Å². The minimum Gasteiger partial charge on any atom is -0.894 e. The van der Waals surface area contributed by atoms with Gasteiger partial charge in [-0.25, -0.2) is 0 Å². The van der Waals surface area contributed by atoms with Crippen LogP contribution in [0.1, 0.15) is 0 Å². The van der Waals surface area contributed by atoms with Crippen molar-refractivity contribution in [2.45, 2.75) is 0 Å². The van der Waals surface area contributed by atoms with E-state index in [1.54, 1.807) is 0 Å². The molecule has 0 atom stereocenters. The minimum absolute atomic E-state index is 0. The van der Waals surface area contributed by atoms with Crippen LogP contribution in [-0.2, 0) is 22.4 Å². The third-order valence-electron chi connectivity index (χ3n) is 0. The van der Waals surface area contributed by atoms with Crippen molar-refractivity contribution in [1.29, 1.82) is 0 Å². The van der Waals surface area contributed by atoms with Gasteiger partial charge in [-0.3, -0.25) is 0 Å². The van der Waals surface area contributed by atoms with E-state index in [1.165, 1.54) is 0 Å². The van der Waals surface area contributed by atoms with Crippen LogP contribution < -0.4 is 19.2 Å². The van der Waals surface area contributed by atoms with E-state index in [4.69, 9.17) is 19.2 Å². The molecular weight excluding hydrogens is 273 g/mol. The summed E-state index contributed by atoms with van der Waals surface area (Å²) in [6, 6.07) is 0. The zero-order chi connectivity index (χ0) is 4.50. The molecule has 0 spiro atoms. The van der Waals surface area contributed by atoms with Crippen LogP contribution in [0.4, 0.5) is 0 Å². The molecule has 6 heavy (non-hydrogen) atoms. The molecule has 1 radical (unpaired) electrons. The molecule has 0 aliphatic carbocycles. The summed E-state index contributed by atoms with van der Waals surface area (Å²) in [4.78, 5) is 34.3. The van der Waals surface area contributed by atoms with Crippen molar-refractivity contribution in [2.75, 3.05) is 0 Å². The van der Waals surface area contributed by atoms with Crippen molar-refractivity contribution in [3.63, 3.8) is 0 Å². The van der Waals surface area contributed by atoms with E-state index in [2.05, 4.69) is 0 Å². The van der Waals surface area contributed by atoms with Gasteiger partial charge in [0.2, 0.25) is 0 Å². The zero-order valence-corrected chi connectivity index (χ0v) is 6.79. The van der Waals surface area contributed by atoms with Crippen LogP contribution in [0.5, 0.6) is 0 Å². The number of rotatable bonds is 0. The van der Waals surface area contributed by atoms with E-state index in [0.717, 1.165) is 0 Å². The van der Waals surface area contributed by atoms with Gasteiger partial charge in [0.05, 0.1) is 0 Å². The van der Waals surface area contributed by atoms with Crippen molar-refractivity contribution in [2.24, 2.45) is 0 Å². The summed E-state index contributed by atoms with van der Waals surface area (Å²) in [5.74, 6) is 0. The smallest absolute Gasteiger partial charge is 0.894 e. The summed E-state index contributed by atoms with van der Waals surface area (Å²) in [5, 5.41) is 0. The molecule has 0 N–H and O–H groups in total. The van der Waals surface area contributed by atoms with Gasteiger partial charge in [0.1, 0.15) is 0 Å². The van der Waals surface area contributed by atoms with Crippen LogP contribution in [0.25, 0.3) is 0 Å². The molecule has 0 rings (SSSR count). The molecule has 4 nitrogen and oxygen atoms in total. The molecular formula is O4SiTa. The van der Waals surface area contributed by atoms with Gasteiger partial charge in [-0.05, 0) is 0 Å². The fraction of sp³-hybridized carbons (Fsp3) is 0. The summed E-state index contributed by atoms with van der Waals surface area (Å²) in [5.41, 5.74) is 0. The van der Waals surface area contributed by atoms with E-state index in [9.17, 15) is 0 Å². The first-order valence-corrected chi connectivity index (χ1v) is 2.45. The van der Waals surface area contributed by atoms with E-state index in [0.29, 0.717) is 0 Å². The minimum atomic E-state index is -5.61. The molecule has 0 unspecified atom stereocenters. The van der Waals surface area contributed by atoms with Gasteiger partial charge < -0.3 is 28.2 Å². The molecule has 0 saturated heterocycles. The second-order valence-corrected chi connectivity index (χ2v) is 1.50. The van der Waals surface area contributed by atoms with Crippen LogP contribution in [-0.4, -0.2) is 9.05 Å². The second kappa shape index (κ2) is 2.89. The molecule has 0 amide bonds. The standard InChI is InChI=1S/O4Si.Ta/c1-5(2,3)4;/q-4;+4. The fourth-order valence-corrected chi connectivity index (χ4v) is 0. The molecule has 0 aliphatic heterocycles. The molecule has 0 heterocycles. The Morgan fingerprint density at radius 2 is 0.833 bits per heavy atom. The first-order valence-electron chi connectivity index (χ1n) is 0.816. The van der Waals surface area contributed by atoms with Crippen LogP contribution in [0.15, 0.2) is 0 Å². The van der Waals surface area contributed by atoms with Crippen LogP contribution in [0.2, 0.25) is 0 Å². The Morgan fingerprint density at radius 3 is 0.833 bits per heavy atom. The Balaban J connectivity index is 0. The average Bonchev–Trinajstić information content (AvgIpc) is 0.722. The van der Waals surface area contributed by atoms with Gasteiger partial charge in [-0.15, -0.1) is 0 Å². The predicted molar refractivity (Wildman–Crippen MR) is 5.75 cm³/mol. The Bertz CT molecular complexity index is 23.0. The second-order valence-electron chi connectivity index (χ2n) is 0.500. The Labute approximate surface area is 51.1 Å². The monoisotopic (exact) mass is 273 g/mol. The van der Waals surface area contributed by atoms with Gasteiger partial charge in [0.25, 0.3) is 0 Å². The quantitative estimate of drug-likeness (QED) is 0.413. The van der Waals surface area contributed by atoms with Crippen LogP contribution in [0.3, 0.4) is 0 Å². The predicted octanol–water partition coefficient (Wildman–Crippen LogP) is -5.14. The summed E-state index contributed by atoms with van der Waals surface area (Å²) in [6.45, 7) is 0. The van der Waals surface area contributed by atoms with Crippen molar-refractivity contribution >= 4 is 9.05 Å². The maximum Gasteiger partial charge on any atom is 4.00 e. The first kappa shape index (κ1) is 9.93. The Hall–Kier alpha value is 0.797. The maximum atomic E-state index is 8.58. The van der Waals surface area contributed by atoms with Gasteiger partial charge in [0, 0.05) is 0 Å². The largest absolute Gasteiger partial charge is 4.00 e. The molecule has 0 aliphatic rings. The van der Waals surface area contributed by atoms with Gasteiger partial charge in [0.15, 0.2) is 0 Å². The number of hydrogen-bond donors (Lipinski definition) is 0.